The first-order valence-electron chi connectivity index (χ1n) is 4.85. The molecule has 2 N–H and O–H groups in total. The predicted molar refractivity (Wildman–Crippen MR) is 53.5 cm³/mol. The number of alkyl halides is 3. The number of hydrogen-bond donors (Lipinski definition) is 2. The zero-order valence-electron chi connectivity index (χ0n) is 9.76. The Bertz CT molecular complexity index is 306. The van der Waals surface area contributed by atoms with Crippen molar-refractivity contribution in [2.45, 2.75) is 32.0 Å². The molecule has 2 amide bonds. The lowest BCUT2D eigenvalue weighted by atomic mass is 10.00. The van der Waals surface area contributed by atoms with Gasteiger partial charge in [0.15, 0.2) is 0 Å². The fourth-order valence-electron chi connectivity index (χ4n) is 0.965. The van der Waals surface area contributed by atoms with Crippen LogP contribution in [0.4, 0.5) is 18.0 Å². The van der Waals surface area contributed by atoms with Crippen LogP contribution in [0.3, 0.4) is 0 Å². The quantitative estimate of drug-likeness (QED) is 0.799. The minimum atomic E-state index is -4.52. The summed E-state index contributed by atoms with van der Waals surface area (Å²) in [5.74, 6) is -1.30. The maximum Gasteiger partial charge on any atom is 0.406 e. The van der Waals surface area contributed by atoms with Crippen LogP contribution >= 0.6 is 0 Å². The van der Waals surface area contributed by atoms with Gasteiger partial charge < -0.3 is 15.3 Å². The predicted octanol–water partition coefficient (Wildman–Crippen LogP) is 1.44. The molecule has 100 valence electrons. The van der Waals surface area contributed by atoms with Crippen molar-refractivity contribution in [3.05, 3.63) is 0 Å². The molecule has 0 aliphatic heterocycles. The number of nitrogens with zero attached hydrogens (tertiary/aromatic N) is 1. The molecule has 17 heavy (non-hydrogen) atoms. The van der Waals surface area contributed by atoms with Gasteiger partial charge in [0.05, 0.1) is 0 Å². The number of carbonyl (C=O) groups excluding carboxylic acids is 1. The van der Waals surface area contributed by atoms with Crippen LogP contribution in [-0.4, -0.2) is 47.3 Å². The van der Waals surface area contributed by atoms with Crippen LogP contribution in [0.1, 0.15) is 20.3 Å². The number of hydrogen-bond acceptors (Lipinski definition) is 2. The minimum Gasteiger partial charge on any atom is -0.480 e. The van der Waals surface area contributed by atoms with Crippen molar-refractivity contribution in [2.75, 3.05) is 13.6 Å². The van der Waals surface area contributed by atoms with Crippen molar-refractivity contribution in [2.24, 2.45) is 0 Å². The van der Waals surface area contributed by atoms with Gasteiger partial charge in [-0.2, -0.15) is 13.2 Å². The molecule has 0 fully saturated rings. The Labute approximate surface area is 96.6 Å². The summed E-state index contributed by atoms with van der Waals surface area (Å²) in [5, 5.41) is 10.9. The average Bonchev–Trinajstić information content (AvgIpc) is 2.14. The highest BCUT2D eigenvalue weighted by atomic mass is 19.4. The Morgan fingerprint density at radius 1 is 1.35 bits per heavy atom. The summed E-state index contributed by atoms with van der Waals surface area (Å²) in [6, 6.07) is -1.07. The van der Waals surface area contributed by atoms with E-state index < -0.39 is 30.3 Å². The number of nitrogens with one attached hydrogen (secondary N) is 1. The average molecular weight is 256 g/mol. The molecule has 1 atom stereocenters. The summed E-state index contributed by atoms with van der Waals surface area (Å²) in [7, 11) is 0.945. The van der Waals surface area contributed by atoms with Crippen molar-refractivity contribution in [3.63, 3.8) is 0 Å². The number of urea groups is 1. The first-order chi connectivity index (χ1) is 7.52. The SMILES string of the molecule is CCC(C)(NC(=O)N(C)CC(F)(F)F)C(=O)O. The molecular weight excluding hydrogens is 241 g/mol. The monoisotopic (exact) mass is 256 g/mol. The summed E-state index contributed by atoms with van der Waals surface area (Å²) in [5.41, 5.74) is -1.57. The van der Waals surface area contributed by atoms with E-state index in [-0.39, 0.29) is 6.42 Å². The van der Waals surface area contributed by atoms with Crippen LogP contribution < -0.4 is 5.32 Å². The van der Waals surface area contributed by atoms with Crippen molar-refractivity contribution < 1.29 is 27.9 Å². The molecule has 0 aromatic heterocycles. The molecule has 0 heterocycles. The summed E-state index contributed by atoms with van der Waals surface area (Å²) in [6.45, 7) is 1.31. The van der Waals surface area contributed by atoms with Gasteiger partial charge in [0.2, 0.25) is 0 Å². The van der Waals surface area contributed by atoms with Crippen LogP contribution in [0.2, 0.25) is 0 Å². The number of carboxylic acids is 1. The highest BCUT2D eigenvalue weighted by Crippen LogP contribution is 2.16. The Morgan fingerprint density at radius 2 is 1.82 bits per heavy atom. The zero-order valence-corrected chi connectivity index (χ0v) is 9.76. The lowest BCUT2D eigenvalue weighted by Gasteiger charge is -2.28. The van der Waals surface area contributed by atoms with E-state index in [1.54, 1.807) is 0 Å². The van der Waals surface area contributed by atoms with Crippen LogP contribution in [0.25, 0.3) is 0 Å². The van der Waals surface area contributed by atoms with E-state index in [1.807, 2.05) is 0 Å². The summed E-state index contributed by atoms with van der Waals surface area (Å²) < 4.78 is 36.0. The van der Waals surface area contributed by atoms with Crippen molar-refractivity contribution >= 4 is 12.0 Å². The van der Waals surface area contributed by atoms with E-state index >= 15 is 0 Å². The Balaban J connectivity index is 4.58. The number of carboxylic acid groups (broad SMARTS) is 1. The number of amides is 2. The van der Waals surface area contributed by atoms with Crippen LogP contribution in [-0.2, 0) is 4.79 Å². The molecule has 0 aliphatic rings. The molecular formula is C9H15F3N2O3. The standard InChI is InChI=1S/C9H15F3N2O3/c1-4-8(2,6(15)16)13-7(17)14(3)5-9(10,11)12/h4-5H2,1-3H3,(H,13,17)(H,15,16). The van der Waals surface area contributed by atoms with Crippen molar-refractivity contribution in [1.29, 1.82) is 0 Å². The van der Waals surface area contributed by atoms with Gasteiger partial charge in [0.25, 0.3) is 0 Å². The van der Waals surface area contributed by atoms with E-state index in [0.717, 1.165) is 7.05 Å². The third kappa shape index (κ3) is 4.92. The third-order valence-electron chi connectivity index (χ3n) is 2.33. The van der Waals surface area contributed by atoms with E-state index in [0.29, 0.717) is 4.90 Å². The fourth-order valence-corrected chi connectivity index (χ4v) is 0.965. The Hall–Kier alpha value is -1.47. The third-order valence-corrected chi connectivity index (χ3v) is 2.33. The number of aliphatic carboxylic acids is 1. The number of rotatable bonds is 4. The molecule has 0 aromatic carbocycles. The van der Waals surface area contributed by atoms with Crippen molar-refractivity contribution in [1.82, 2.24) is 10.2 Å². The molecule has 0 rings (SSSR count). The highest BCUT2D eigenvalue weighted by Gasteiger charge is 2.36. The van der Waals surface area contributed by atoms with Gasteiger partial charge in [-0.05, 0) is 13.3 Å². The second kappa shape index (κ2) is 5.24. The van der Waals surface area contributed by atoms with E-state index in [4.69, 9.17) is 5.11 Å². The smallest absolute Gasteiger partial charge is 0.406 e. The zero-order chi connectivity index (χ0) is 13.9. The topological polar surface area (TPSA) is 69.6 Å². The fraction of sp³-hybridized carbons (Fsp3) is 0.778. The van der Waals surface area contributed by atoms with E-state index in [2.05, 4.69) is 5.32 Å². The lowest BCUT2D eigenvalue weighted by Crippen LogP contribution is -2.56. The summed E-state index contributed by atoms with van der Waals surface area (Å²) >= 11 is 0. The lowest BCUT2D eigenvalue weighted by molar-refractivity contribution is -0.144. The molecule has 5 nitrogen and oxygen atoms in total. The van der Waals surface area contributed by atoms with Crippen LogP contribution in [0.15, 0.2) is 0 Å². The highest BCUT2D eigenvalue weighted by molar-refractivity contribution is 5.85. The van der Waals surface area contributed by atoms with Crippen LogP contribution in [0, 0.1) is 0 Å². The van der Waals surface area contributed by atoms with Gasteiger partial charge >= 0.3 is 18.2 Å². The molecule has 0 bridgehead atoms. The molecule has 0 saturated heterocycles. The molecule has 1 unspecified atom stereocenters. The minimum absolute atomic E-state index is 0.0634. The first kappa shape index (κ1) is 15.5. The number of carbonyl (C=O) groups is 2. The van der Waals surface area contributed by atoms with Crippen molar-refractivity contribution in [3.8, 4) is 0 Å². The molecule has 0 saturated carbocycles. The van der Waals surface area contributed by atoms with Gasteiger partial charge in [0, 0.05) is 7.05 Å². The molecule has 0 radical (unpaired) electrons. The number of halogens is 3. The Morgan fingerprint density at radius 3 is 2.12 bits per heavy atom. The molecule has 0 aromatic rings. The van der Waals surface area contributed by atoms with Gasteiger partial charge in [-0.1, -0.05) is 6.92 Å². The van der Waals surface area contributed by atoms with Gasteiger partial charge in [0.1, 0.15) is 12.1 Å². The Kier molecular flexibility index (Phi) is 4.79. The second-order valence-corrected chi connectivity index (χ2v) is 3.89. The molecule has 0 spiro atoms. The van der Waals surface area contributed by atoms with Gasteiger partial charge in [-0.15, -0.1) is 0 Å². The maximum absolute atomic E-state index is 12.0. The van der Waals surface area contributed by atoms with Crippen LogP contribution in [0.5, 0.6) is 0 Å². The summed E-state index contributed by atoms with van der Waals surface area (Å²) in [4.78, 5) is 22.6. The summed E-state index contributed by atoms with van der Waals surface area (Å²) in [6.07, 6.45) is -4.45. The maximum atomic E-state index is 12.0. The normalized spacial score (nSPS) is 14.9. The second-order valence-electron chi connectivity index (χ2n) is 3.89. The largest absolute Gasteiger partial charge is 0.480 e. The van der Waals surface area contributed by atoms with Gasteiger partial charge in [-0.3, -0.25) is 0 Å². The molecule has 0 aliphatic carbocycles. The van der Waals surface area contributed by atoms with E-state index in [1.165, 1.54) is 13.8 Å². The van der Waals surface area contributed by atoms with Gasteiger partial charge in [-0.25, -0.2) is 9.59 Å². The van der Waals surface area contributed by atoms with E-state index in [9.17, 15) is 22.8 Å². The first-order valence-corrected chi connectivity index (χ1v) is 4.85. The molecule has 8 heteroatoms.